The van der Waals surface area contributed by atoms with Gasteiger partial charge in [-0.2, -0.15) is 13.2 Å². The number of alkyl halides is 3. The van der Waals surface area contributed by atoms with Gasteiger partial charge in [-0.3, -0.25) is 0 Å². The Morgan fingerprint density at radius 2 is 1.82 bits per heavy atom. The van der Waals surface area contributed by atoms with Crippen molar-refractivity contribution in [2.45, 2.75) is 45.0 Å². The van der Waals surface area contributed by atoms with E-state index in [1.54, 1.807) is 19.1 Å². The van der Waals surface area contributed by atoms with E-state index in [1.807, 2.05) is 0 Å². The summed E-state index contributed by atoms with van der Waals surface area (Å²) in [5.41, 5.74) is 5.26. The molecular weight excluding hydrogens is 451 g/mol. The predicted molar refractivity (Wildman–Crippen MR) is 121 cm³/mol. The molecule has 0 amide bonds. The summed E-state index contributed by atoms with van der Waals surface area (Å²) in [6.45, 7) is 4.54. The molecule has 0 radical (unpaired) electrons. The highest BCUT2D eigenvalue weighted by atomic mass is 19.4. The third-order valence-corrected chi connectivity index (χ3v) is 5.47. The Kier molecular flexibility index (Phi) is 6.39. The van der Waals surface area contributed by atoms with E-state index in [4.69, 9.17) is 19.9 Å². The van der Waals surface area contributed by atoms with Crippen LogP contribution in [0.25, 0.3) is 10.9 Å². The van der Waals surface area contributed by atoms with Crippen molar-refractivity contribution in [3.63, 3.8) is 0 Å². The van der Waals surface area contributed by atoms with Gasteiger partial charge in [-0.25, -0.2) is 15.0 Å². The summed E-state index contributed by atoms with van der Waals surface area (Å²) in [5.74, 6) is 1.89. The lowest BCUT2D eigenvalue weighted by atomic mass is 10.2. The number of ether oxygens (including phenoxy) is 3. The molecule has 1 aromatic carbocycles. The van der Waals surface area contributed by atoms with Crippen LogP contribution in [0.4, 0.5) is 24.7 Å². The van der Waals surface area contributed by atoms with Crippen LogP contribution in [0.5, 0.6) is 11.5 Å². The first-order valence-corrected chi connectivity index (χ1v) is 10.8. The maximum absolute atomic E-state index is 13.1. The lowest BCUT2D eigenvalue weighted by Crippen LogP contribution is -2.15. The molecule has 3 N–H and O–H groups in total. The molecule has 1 aliphatic carbocycles. The Morgan fingerprint density at radius 1 is 1.06 bits per heavy atom. The molecule has 0 spiro atoms. The first-order valence-electron chi connectivity index (χ1n) is 10.8. The molecular formula is C23H26F3N5O3. The fourth-order valence-electron chi connectivity index (χ4n) is 3.44. The number of aryl methyl sites for hydroxylation is 1. The smallest absolute Gasteiger partial charge is 0.433 e. The Hall–Kier alpha value is -3.34. The van der Waals surface area contributed by atoms with E-state index in [0.29, 0.717) is 47.3 Å². The van der Waals surface area contributed by atoms with Crippen molar-refractivity contribution < 1.29 is 27.4 Å². The van der Waals surface area contributed by atoms with E-state index in [9.17, 15) is 13.2 Å². The summed E-state index contributed by atoms with van der Waals surface area (Å²) in [5, 5.41) is 3.67. The van der Waals surface area contributed by atoms with Gasteiger partial charge in [-0.1, -0.05) is 0 Å². The van der Waals surface area contributed by atoms with Crippen LogP contribution in [0.3, 0.4) is 0 Å². The van der Waals surface area contributed by atoms with Crippen molar-refractivity contribution in [2.24, 2.45) is 0 Å². The minimum Gasteiger partial charge on any atom is -0.493 e. The standard InChI is InChI=1S/C23H26F3N5O3/c1-13-29-17-11-18(32-3)19(33-6-7-34-22(2)4-5-22)10-16(17)21(30-13)28-12-15-8-14(27)9-20(31-15)23(24,25)26/h8-11H,4-7,12H2,1-3H3,(H2,27,31)(H,28,29,30). The van der Waals surface area contributed by atoms with E-state index in [1.165, 1.54) is 13.2 Å². The summed E-state index contributed by atoms with van der Waals surface area (Å²) in [6.07, 6.45) is -2.50. The number of nitrogens with two attached hydrogens (primary N) is 1. The molecule has 3 aromatic rings. The summed E-state index contributed by atoms with van der Waals surface area (Å²) in [4.78, 5) is 12.5. The molecule has 34 heavy (non-hydrogen) atoms. The largest absolute Gasteiger partial charge is 0.493 e. The number of fused-ring (bicyclic) bond motifs is 1. The van der Waals surface area contributed by atoms with Crippen molar-refractivity contribution >= 4 is 22.4 Å². The zero-order valence-corrected chi connectivity index (χ0v) is 19.1. The SMILES string of the molecule is COc1cc2nc(C)nc(NCc3cc(N)cc(C(F)(F)F)n3)c2cc1OCCOC1(C)CC1. The Labute approximate surface area is 194 Å². The van der Waals surface area contributed by atoms with Crippen molar-refractivity contribution in [3.8, 4) is 11.5 Å². The second kappa shape index (κ2) is 9.13. The molecule has 2 heterocycles. The zero-order valence-electron chi connectivity index (χ0n) is 19.1. The molecule has 2 aromatic heterocycles. The topological polar surface area (TPSA) is 104 Å². The van der Waals surface area contributed by atoms with Gasteiger partial charge in [0, 0.05) is 17.1 Å². The Morgan fingerprint density at radius 3 is 2.50 bits per heavy atom. The molecule has 182 valence electrons. The Bertz CT molecular complexity index is 1200. The molecule has 4 rings (SSSR count). The number of hydrogen-bond acceptors (Lipinski definition) is 8. The van der Waals surface area contributed by atoms with Gasteiger partial charge in [0.25, 0.3) is 0 Å². The fourth-order valence-corrected chi connectivity index (χ4v) is 3.44. The van der Waals surface area contributed by atoms with Crippen LogP contribution < -0.4 is 20.5 Å². The van der Waals surface area contributed by atoms with Crippen LogP contribution in [0, 0.1) is 6.92 Å². The summed E-state index contributed by atoms with van der Waals surface area (Å²) < 4.78 is 56.4. The molecule has 1 aliphatic rings. The van der Waals surface area contributed by atoms with Gasteiger partial charge in [0.1, 0.15) is 23.9 Å². The van der Waals surface area contributed by atoms with Gasteiger partial charge < -0.3 is 25.3 Å². The third-order valence-electron chi connectivity index (χ3n) is 5.47. The number of methoxy groups -OCH3 is 1. The third kappa shape index (κ3) is 5.58. The van der Waals surface area contributed by atoms with Gasteiger partial charge in [0.2, 0.25) is 0 Å². The van der Waals surface area contributed by atoms with Gasteiger partial charge in [-0.15, -0.1) is 0 Å². The number of anilines is 2. The number of nitrogen functional groups attached to an aromatic ring is 1. The van der Waals surface area contributed by atoms with Crippen LogP contribution in [0.15, 0.2) is 24.3 Å². The van der Waals surface area contributed by atoms with E-state index >= 15 is 0 Å². The van der Waals surface area contributed by atoms with Crippen molar-refractivity contribution in [1.82, 2.24) is 15.0 Å². The summed E-state index contributed by atoms with van der Waals surface area (Å²) in [6, 6.07) is 5.66. The number of pyridine rings is 1. The molecule has 8 nitrogen and oxygen atoms in total. The van der Waals surface area contributed by atoms with Gasteiger partial charge in [0.05, 0.1) is 37.1 Å². The van der Waals surface area contributed by atoms with E-state index in [-0.39, 0.29) is 23.5 Å². The second-order valence-corrected chi connectivity index (χ2v) is 8.41. The number of aromatic nitrogens is 3. The number of benzene rings is 1. The average Bonchev–Trinajstić information content (AvgIpc) is 3.50. The highest BCUT2D eigenvalue weighted by Crippen LogP contribution is 2.39. The average molecular weight is 477 g/mol. The van der Waals surface area contributed by atoms with E-state index in [0.717, 1.165) is 18.9 Å². The maximum atomic E-state index is 13.1. The van der Waals surface area contributed by atoms with Crippen LogP contribution in [0.1, 0.15) is 37.0 Å². The highest BCUT2D eigenvalue weighted by Gasteiger charge is 2.38. The molecule has 0 saturated heterocycles. The summed E-state index contributed by atoms with van der Waals surface area (Å²) >= 11 is 0. The monoisotopic (exact) mass is 477 g/mol. The number of rotatable bonds is 9. The number of nitrogens with zero attached hydrogens (tertiary/aromatic N) is 3. The highest BCUT2D eigenvalue weighted by molar-refractivity contribution is 5.91. The minimum atomic E-state index is -4.59. The first-order chi connectivity index (χ1) is 16.1. The summed E-state index contributed by atoms with van der Waals surface area (Å²) in [7, 11) is 1.53. The first kappa shape index (κ1) is 23.8. The quantitative estimate of drug-likeness (QED) is 0.434. The second-order valence-electron chi connectivity index (χ2n) is 8.41. The lowest BCUT2D eigenvalue weighted by molar-refractivity contribution is -0.141. The number of hydrogen-bond donors (Lipinski definition) is 2. The molecule has 0 aliphatic heterocycles. The van der Waals surface area contributed by atoms with E-state index < -0.39 is 11.9 Å². The molecule has 11 heteroatoms. The minimum absolute atomic E-state index is 0.0195. The lowest BCUT2D eigenvalue weighted by Gasteiger charge is -2.16. The van der Waals surface area contributed by atoms with Crippen LogP contribution in [-0.4, -0.2) is 40.9 Å². The van der Waals surface area contributed by atoms with Crippen LogP contribution >= 0.6 is 0 Å². The molecule has 0 atom stereocenters. The predicted octanol–water partition coefficient (Wildman–Crippen LogP) is 4.50. The van der Waals surface area contributed by atoms with Gasteiger partial charge >= 0.3 is 6.18 Å². The number of nitrogens with one attached hydrogen (secondary N) is 1. The molecule has 1 saturated carbocycles. The number of halogens is 3. The van der Waals surface area contributed by atoms with Crippen LogP contribution in [0.2, 0.25) is 0 Å². The molecule has 0 bridgehead atoms. The van der Waals surface area contributed by atoms with Crippen molar-refractivity contribution in [2.75, 3.05) is 31.4 Å². The molecule has 0 unspecified atom stereocenters. The van der Waals surface area contributed by atoms with Gasteiger partial charge in [0.15, 0.2) is 11.5 Å². The Balaban J connectivity index is 1.57. The maximum Gasteiger partial charge on any atom is 0.433 e. The van der Waals surface area contributed by atoms with Crippen molar-refractivity contribution in [1.29, 1.82) is 0 Å². The zero-order chi connectivity index (χ0) is 24.5. The molecule has 1 fully saturated rings. The van der Waals surface area contributed by atoms with Crippen LogP contribution in [-0.2, 0) is 17.5 Å². The van der Waals surface area contributed by atoms with Gasteiger partial charge in [-0.05, 0) is 44.9 Å². The van der Waals surface area contributed by atoms with E-state index in [2.05, 4.69) is 27.2 Å². The van der Waals surface area contributed by atoms with Crippen molar-refractivity contribution in [3.05, 3.63) is 41.5 Å². The normalized spacial score (nSPS) is 14.8. The fraction of sp³-hybridized carbons (Fsp3) is 0.435.